The second-order valence-corrected chi connectivity index (χ2v) is 5.80. The highest BCUT2D eigenvalue weighted by Crippen LogP contribution is 2.37. The zero-order chi connectivity index (χ0) is 13.7. The van der Waals surface area contributed by atoms with Crippen LogP contribution in [0.4, 0.5) is 0 Å². The minimum Gasteiger partial charge on any atom is -0.381 e. The van der Waals surface area contributed by atoms with E-state index in [1.165, 1.54) is 32.1 Å². The number of nitrogens with zero attached hydrogens (tertiary/aromatic N) is 2. The molecule has 2 rings (SSSR count). The molecule has 1 aliphatic rings. The van der Waals surface area contributed by atoms with Crippen LogP contribution in [0.3, 0.4) is 0 Å². The maximum Gasteiger partial charge on any atom is 0.227 e. The second kappa shape index (κ2) is 6.48. The normalized spacial score (nSPS) is 20.4. The van der Waals surface area contributed by atoms with Gasteiger partial charge in [0.1, 0.15) is 0 Å². The van der Waals surface area contributed by atoms with Crippen LogP contribution >= 0.6 is 0 Å². The third kappa shape index (κ3) is 3.76. The summed E-state index contributed by atoms with van der Waals surface area (Å²) < 4.78 is 10.6. The Morgan fingerprint density at radius 2 is 2.11 bits per heavy atom. The summed E-state index contributed by atoms with van der Waals surface area (Å²) in [6.07, 6.45) is 7.82. The smallest absolute Gasteiger partial charge is 0.227 e. The van der Waals surface area contributed by atoms with Gasteiger partial charge in [0.25, 0.3) is 0 Å². The van der Waals surface area contributed by atoms with Crippen LogP contribution in [0.25, 0.3) is 0 Å². The van der Waals surface area contributed by atoms with Crippen LogP contribution in [-0.2, 0) is 17.6 Å². The molecule has 1 heterocycles. The molecule has 2 N–H and O–H groups in total. The average molecular weight is 267 g/mol. The zero-order valence-electron chi connectivity index (χ0n) is 12.0. The standard InChI is InChI=1S/C14H25N3O2/c1-11(18-2)8-12-16-13(19-17-12)9-14(10-15)6-4-3-5-7-14/h11H,3-10,15H2,1-2H3. The summed E-state index contributed by atoms with van der Waals surface area (Å²) in [4.78, 5) is 4.47. The molecule has 0 bridgehead atoms. The first-order valence-electron chi connectivity index (χ1n) is 7.22. The van der Waals surface area contributed by atoms with Crippen molar-refractivity contribution in [3.05, 3.63) is 11.7 Å². The Labute approximate surface area is 114 Å². The number of rotatable bonds is 6. The van der Waals surface area contributed by atoms with E-state index >= 15 is 0 Å². The lowest BCUT2D eigenvalue weighted by Gasteiger charge is -2.34. The molecular weight excluding hydrogens is 242 g/mol. The molecule has 19 heavy (non-hydrogen) atoms. The van der Waals surface area contributed by atoms with E-state index in [1.54, 1.807) is 7.11 Å². The lowest BCUT2D eigenvalue weighted by molar-refractivity contribution is 0.116. The number of hydrogen-bond donors (Lipinski definition) is 1. The quantitative estimate of drug-likeness (QED) is 0.854. The fraction of sp³-hybridized carbons (Fsp3) is 0.857. The third-order valence-electron chi connectivity index (χ3n) is 4.26. The summed E-state index contributed by atoms with van der Waals surface area (Å²) in [5, 5.41) is 4.03. The molecule has 1 aromatic heterocycles. The van der Waals surface area contributed by atoms with Crippen molar-refractivity contribution in [2.75, 3.05) is 13.7 Å². The number of ether oxygens (including phenoxy) is 1. The first kappa shape index (κ1) is 14.5. The summed E-state index contributed by atoms with van der Waals surface area (Å²) in [5.74, 6) is 1.46. The second-order valence-electron chi connectivity index (χ2n) is 5.80. The van der Waals surface area contributed by atoms with Gasteiger partial charge in [0.15, 0.2) is 5.82 Å². The summed E-state index contributed by atoms with van der Waals surface area (Å²) in [6.45, 7) is 2.71. The van der Waals surface area contributed by atoms with Crippen LogP contribution in [0, 0.1) is 5.41 Å². The Bertz CT molecular complexity index is 386. The Kier molecular flexibility index (Phi) is 4.93. The molecule has 1 aromatic rings. The van der Waals surface area contributed by atoms with E-state index in [4.69, 9.17) is 15.0 Å². The van der Waals surface area contributed by atoms with Crippen LogP contribution in [-0.4, -0.2) is 29.9 Å². The van der Waals surface area contributed by atoms with E-state index in [0.717, 1.165) is 18.1 Å². The highest BCUT2D eigenvalue weighted by atomic mass is 16.5. The van der Waals surface area contributed by atoms with Crippen molar-refractivity contribution < 1.29 is 9.26 Å². The van der Waals surface area contributed by atoms with Crippen molar-refractivity contribution >= 4 is 0 Å². The molecule has 108 valence electrons. The lowest BCUT2D eigenvalue weighted by atomic mass is 9.72. The maximum atomic E-state index is 5.99. The Balaban J connectivity index is 1.98. The van der Waals surface area contributed by atoms with Gasteiger partial charge < -0.3 is 15.0 Å². The molecular formula is C14H25N3O2. The fourth-order valence-corrected chi connectivity index (χ4v) is 2.86. The van der Waals surface area contributed by atoms with E-state index in [9.17, 15) is 0 Å². The number of methoxy groups -OCH3 is 1. The highest BCUT2D eigenvalue weighted by Gasteiger charge is 2.32. The molecule has 1 atom stereocenters. The molecule has 0 aliphatic heterocycles. The Hall–Kier alpha value is -0.940. The van der Waals surface area contributed by atoms with Gasteiger partial charge in [-0.3, -0.25) is 0 Å². The third-order valence-corrected chi connectivity index (χ3v) is 4.26. The van der Waals surface area contributed by atoms with Crippen molar-refractivity contribution in [2.45, 2.75) is 58.0 Å². The molecule has 5 heteroatoms. The van der Waals surface area contributed by atoms with E-state index in [0.29, 0.717) is 13.0 Å². The van der Waals surface area contributed by atoms with Crippen molar-refractivity contribution in [1.29, 1.82) is 0 Å². The topological polar surface area (TPSA) is 74.2 Å². The van der Waals surface area contributed by atoms with Crippen LogP contribution < -0.4 is 5.73 Å². The predicted octanol–water partition coefficient (Wildman–Crippen LogP) is 2.10. The van der Waals surface area contributed by atoms with Gasteiger partial charge in [-0.15, -0.1) is 0 Å². The molecule has 0 amide bonds. The maximum absolute atomic E-state index is 5.99. The molecule has 0 radical (unpaired) electrons. The number of nitrogens with two attached hydrogens (primary N) is 1. The van der Waals surface area contributed by atoms with Crippen LogP contribution in [0.1, 0.15) is 50.7 Å². The van der Waals surface area contributed by atoms with Gasteiger partial charge in [0, 0.05) is 20.0 Å². The van der Waals surface area contributed by atoms with E-state index in [2.05, 4.69) is 10.1 Å². The number of hydrogen-bond acceptors (Lipinski definition) is 5. The van der Waals surface area contributed by atoms with Crippen molar-refractivity contribution in [3.8, 4) is 0 Å². The molecule has 1 saturated carbocycles. The largest absolute Gasteiger partial charge is 0.381 e. The average Bonchev–Trinajstić information content (AvgIpc) is 2.86. The van der Waals surface area contributed by atoms with Gasteiger partial charge in [-0.25, -0.2) is 0 Å². The minimum atomic E-state index is 0.114. The summed E-state index contributed by atoms with van der Waals surface area (Å²) in [5.41, 5.74) is 6.16. The minimum absolute atomic E-state index is 0.114. The van der Waals surface area contributed by atoms with Gasteiger partial charge in [0.05, 0.1) is 6.10 Å². The lowest BCUT2D eigenvalue weighted by Crippen LogP contribution is -2.35. The van der Waals surface area contributed by atoms with Crippen molar-refractivity contribution in [2.24, 2.45) is 11.1 Å². The highest BCUT2D eigenvalue weighted by molar-refractivity contribution is 4.95. The van der Waals surface area contributed by atoms with Gasteiger partial charge in [-0.1, -0.05) is 24.4 Å². The molecule has 1 aliphatic carbocycles. The summed E-state index contributed by atoms with van der Waals surface area (Å²) >= 11 is 0. The predicted molar refractivity (Wildman–Crippen MR) is 72.7 cm³/mol. The molecule has 1 unspecified atom stereocenters. The van der Waals surface area contributed by atoms with Crippen LogP contribution in [0.2, 0.25) is 0 Å². The summed E-state index contributed by atoms with van der Waals surface area (Å²) in [7, 11) is 1.69. The molecule has 0 aromatic carbocycles. The van der Waals surface area contributed by atoms with Crippen molar-refractivity contribution in [3.63, 3.8) is 0 Å². The monoisotopic (exact) mass is 267 g/mol. The van der Waals surface area contributed by atoms with E-state index < -0.39 is 0 Å². The van der Waals surface area contributed by atoms with Crippen LogP contribution in [0.5, 0.6) is 0 Å². The van der Waals surface area contributed by atoms with E-state index in [1.807, 2.05) is 6.92 Å². The first-order chi connectivity index (χ1) is 9.17. The van der Waals surface area contributed by atoms with E-state index in [-0.39, 0.29) is 11.5 Å². The molecule has 0 spiro atoms. The van der Waals surface area contributed by atoms with Gasteiger partial charge in [-0.2, -0.15) is 4.98 Å². The van der Waals surface area contributed by atoms with Gasteiger partial charge in [-0.05, 0) is 31.7 Å². The Morgan fingerprint density at radius 1 is 1.37 bits per heavy atom. The fourth-order valence-electron chi connectivity index (χ4n) is 2.86. The first-order valence-corrected chi connectivity index (χ1v) is 7.22. The summed E-state index contributed by atoms with van der Waals surface area (Å²) in [6, 6.07) is 0. The Morgan fingerprint density at radius 3 is 2.74 bits per heavy atom. The molecule has 0 saturated heterocycles. The SMILES string of the molecule is COC(C)Cc1noc(CC2(CN)CCCCC2)n1. The zero-order valence-corrected chi connectivity index (χ0v) is 12.0. The van der Waals surface area contributed by atoms with Crippen LogP contribution in [0.15, 0.2) is 4.52 Å². The van der Waals surface area contributed by atoms with Gasteiger partial charge in [0.2, 0.25) is 5.89 Å². The molecule has 1 fully saturated rings. The van der Waals surface area contributed by atoms with Crippen molar-refractivity contribution in [1.82, 2.24) is 10.1 Å². The molecule has 5 nitrogen and oxygen atoms in total. The number of aromatic nitrogens is 2. The van der Waals surface area contributed by atoms with Gasteiger partial charge >= 0.3 is 0 Å².